The molecule has 94 valence electrons. The molecule has 0 radical (unpaired) electrons. The van der Waals surface area contributed by atoms with Crippen molar-refractivity contribution in [3.63, 3.8) is 0 Å². The number of carbonyl (C=O) groups is 1. The summed E-state index contributed by atoms with van der Waals surface area (Å²) in [5.41, 5.74) is 0.475. The Labute approximate surface area is 114 Å². The smallest absolute Gasteiger partial charge is 0.252 e. The van der Waals surface area contributed by atoms with Crippen molar-refractivity contribution in [1.29, 1.82) is 0 Å². The molecule has 2 N–H and O–H groups in total. The molecule has 17 heavy (non-hydrogen) atoms. The molecule has 0 unspecified atom stereocenters. The van der Waals surface area contributed by atoms with Crippen LogP contribution in [0.1, 0.15) is 29.6 Å². The first-order valence-corrected chi connectivity index (χ1v) is 6.66. The number of rotatable bonds is 6. The zero-order valence-corrected chi connectivity index (χ0v) is 11.7. The highest BCUT2D eigenvalue weighted by molar-refractivity contribution is 9.10. The molecule has 0 saturated carbocycles. The third-order valence-corrected chi connectivity index (χ3v) is 3.12. The second kappa shape index (κ2) is 7.69. The van der Waals surface area contributed by atoms with Gasteiger partial charge in [-0.05, 0) is 37.5 Å². The van der Waals surface area contributed by atoms with Gasteiger partial charge >= 0.3 is 0 Å². The maximum absolute atomic E-state index is 11.8. The van der Waals surface area contributed by atoms with Gasteiger partial charge in [0.2, 0.25) is 0 Å². The lowest BCUT2D eigenvalue weighted by Gasteiger charge is -2.06. The van der Waals surface area contributed by atoms with Crippen molar-refractivity contribution in [1.82, 2.24) is 5.32 Å². The lowest BCUT2D eigenvalue weighted by atomic mass is 10.2. The summed E-state index contributed by atoms with van der Waals surface area (Å²) in [7, 11) is 0. The molecule has 0 aliphatic carbocycles. The van der Waals surface area contributed by atoms with Crippen LogP contribution in [-0.2, 0) is 0 Å². The molecule has 0 aromatic heterocycles. The molecule has 3 nitrogen and oxygen atoms in total. The molecule has 0 atom stereocenters. The van der Waals surface area contributed by atoms with Gasteiger partial charge in [0.1, 0.15) is 0 Å². The number of aliphatic hydroxyl groups is 1. The van der Waals surface area contributed by atoms with E-state index in [9.17, 15) is 4.79 Å². The van der Waals surface area contributed by atoms with Crippen molar-refractivity contribution >= 4 is 33.4 Å². The van der Waals surface area contributed by atoms with Crippen LogP contribution in [0.15, 0.2) is 22.7 Å². The van der Waals surface area contributed by atoms with E-state index in [4.69, 9.17) is 16.7 Å². The van der Waals surface area contributed by atoms with Crippen molar-refractivity contribution in [2.45, 2.75) is 19.3 Å². The normalized spacial score (nSPS) is 10.3. The molecule has 1 amide bonds. The molecule has 0 aliphatic rings. The predicted octanol–water partition coefficient (Wildman–Crippen LogP) is 2.99. The average molecular weight is 321 g/mol. The summed E-state index contributed by atoms with van der Waals surface area (Å²) < 4.78 is 0.826. The third-order valence-electron chi connectivity index (χ3n) is 2.29. The molecule has 1 aromatic carbocycles. The van der Waals surface area contributed by atoms with Crippen LogP contribution in [0, 0.1) is 0 Å². The van der Waals surface area contributed by atoms with E-state index in [0.717, 1.165) is 23.7 Å². The largest absolute Gasteiger partial charge is 0.396 e. The van der Waals surface area contributed by atoms with E-state index in [1.807, 2.05) is 0 Å². The highest BCUT2D eigenvalue weighted by Crippen LogP contribution is 2.20. The molecule has 0 spiro atoms. The number of carbonyl (C=O) groups excluding carboxylic acids is 1. The fraction of sp³-hybridized carbons (Fsp3) is 0.417. The number of amides is 1. The fourth-order valence-electron chi connectivity index (χ4n) is 1.38. The zero-order valence-electron chi connectivity index (χ0n) is 9.38. The number of aliphatic hydroxyl groups excluding tert-OH is 1. The van der Waals surface area contributed by atoms with E-state index in [1.165, 1.54) is 0 Å². The first-order valence-electron chi connectivity index (χ1n) is 5.49. The van der Waals surface area contributed by atoms with Crippen molar-refractivity contribution in [2.75, 3.05) is 13.2 Å². The number of unbranched alkanes of at least 4 members (excludes halogenated alkanes) is 2. The van der Waals surface area contributed by atoms with Crippen LogP contribution in [0.5, 0.6) is 0 Å². The van der Waals surface area contributed by atoms with Crippen LogP contribution >= 0.6 is 27.5 Å². The van der Waals surface area contributed by atoms with Crippen molar-refractivity contribution in [3.05, 3.63) is 33.3 Å². The molecular formula is C12H15BrClNO2. The topological polar surface area (TPSA) is 49.3 Å². The predicted molar refractivity (Wildman–Crippen MR) is 72.4 cm³/mol. The summed E-state index contributed by atoms with van der Waals surface area (Å²) >= 11 is 9.24. The van der Waals surface area contributed by atoms with Gasteiger partial charge in [0, 0.05) is 17.6 Å². The number of nitrogens with one attached hydrogen (secondary N) is 1. The summed E-state index contributed by atoms with van der Waals surface area (Å²) in [6.45, 7) is 0.799. The van der Waals surface area contributed by atoms with Gasteiger partial charge < -0.3 is 10.4 Å². The first-order chi connectivity index (χ1) is 8.15. The average Bonchev–Trinajstić information content (AvgIpc) is 2.32. The van der Waals surface area contributed by atoms with Crippen LogP contribution in [0.2, 0.25) is 5.02 Å². The van der Waals surface area contributed by atoms with Crippen LogP contribution in [0.25, 0.3) is 0 Å². The molecular weight excluding hydrogens is 305 g/mol. The minimum atomic E-state index is -0.166. The van der Waals surface area contributed by atoms with Gasteiger partial charge in [0.25, 0.3) is 5.91 Å². The summed E-state index contributed by atoms with van der Waals surface area (Å²) in [5, 5.41) is 11.9. The SMILES string of the molecule is O=C(NCCCCCO)c1cc(Br)ccc1Cl. The van der Waals surface area contributed by atoms with Gasteiger partial charge in [0.05, 0.1) is 10.6 Å². The number of hydrogen-bond donors (Lipinski definition) is 2. The van der Waals surface area contributed by atoms with Gasteiger partial charge in [0.15, 0.2) is 0 Å². The fourth-order valence-corrected chi connectivity index (χ4v) is 1.95. The van der Waals surface area contributed by atoms with Crippen molar-refractivity contribution < 1.29 is 9.90 Å². The Morgan fingerprint density at radius 2 is 2.12 bits per heavy atom. The van der Waals surface area contributed by atoms with Crippen LogP contribution in [-0.4, -0.2) is 24.2 Å². The Hall–Kier alpha value is -0.580. The molecule has 0 heterocycles. The van der Waals surface area contributed by atoms with Gasteiger partial charge in [-0.25, -0.2) is 0 Å². The summed E-state index contributed by atoms with van der Waals surface area (Å²) in [5.74, 6) is -0.166. The van der Waals surface area contributed by atoms with E-state index in [-0.39, 0.29) is 12.5 Å². The van der Waals surface area contributed by atoms with Crippen molar-refractivity contribution in [3.8, 4) is 0 Å². The Morgan fingerprint density at radius 1 is 1.35 bits per heavy atom. The molecule has 0 bridgehead atoms. The minimum absolute atomic E-state index is 0.166. The second-order valence-corrected chi connectivity index (χ2v) is 4.99. The number of hydrogen-bond acceptors (Lipinski definition) is 2. The molecule has 1 rings (SSSR count). The molecule has 0 fully saturated rings. The van der Waals surface area contributed by atoms with Crippen LogP contribution < -0.4 is 5.32 Å². The summed E-state index contributed by atoms with van der Waals surface area (Å²) in [4.78, 5) is 11.8. The standard InChI is InChI=1S/C12H15BrClNO2/c13-9-4-5-11(14)10(8-9)12(17)15-6-2-1-3-7-16/h4-5,8,16H,1-3,6-7H2,(H,15,17). The molecule has 0 saturated heterocycles. The lowest BCUT2D eigenvalue weighted by Crippen LogP contribution is -2.24. The van der Waals surface area contributed by atoms with Gasteiger partial charge in [-0.15, -0.1) is 0 Å². The highest BCUT2D eigenvalue weighted by atomic mass is 79.9. The lowest BCUT2D eigenvalue weighted by molar-refractivity contribution is 0.0953. The Balaban J connectivity index is 2.44. The van der Waals surface area contributed by atoms with Gasteiger partial charge in [-0.3, -0.25) is 4.79 Å². The van der Waals surface area contributed by atoms with Crippen LogP contribution in [0.3, 0.4) is 0 Å². The maximum atomic E-state index is 11.8. The Kier molecular flexibility index (Phi) is 6.55. The van der Waals surface area contributed by atoms with Crippen LogP contribution in [0.4, 0.5) is 0 Å². The summed E-state index contributed by atoms with van der Waals surface area (Å²) in [6.07, 6.45) is 2.54. The Morgan fingerprint density at radius 3 is 2.82 bits per heavy atom. The highest BCUT2D eigenvalue weighted by Gasteiger charge is 2.09. The monoisotopic (exact) mass is 319 g/mol. The number of benzene rings is 1. The maximum Gasteiger partial charge on any atom is 0.252 e. The molecule has 1 aromatic rings. The summed E-state index contributed by atoms with van der Waals surface area (Å²) in [6, 6.07) is 5.18. The van der Waals surface area contributed by atoms with E-state index in [0.29, 0.717) is 17.1 Å². The van der Waals surface area contributed by atoms with E-state index < -0.39 is 0 Å². The molecule has 5 heteroatoms. The molecule has 0 aliphatic heterocycles. The van der Waals surface area contributed by atoms with E-state index in [1.54, 1.807) is 18.2 Å². The van der Waals surface area contributed by atoms with Gasteiger partial charge in [-0.2, -0.15) is 0 Å². The van der Waals surface area contributed by atoms with E-state index >= 15 is 0 Å². The minimum Gasteiger partial charge on any atom is -0.396 e. The van der Waals surface area contributed by atoms with E-state index in [2.05, 4.69) is 21.2 Å². The third kappa shape index (κ3) is 5.06. The second-order valence-electron chi connectivity index (χ2n) is 3.66. The Bertz CT molecular complexity index is 385. The first kappa shape index (κ1) is 14.5. The van der Waals surface area contributed by atoms with Crippen molar-refractivity contribution in [2.24, 2.45) is 0 Å². The number of halogens is 2. The quantitative estimate of drug-likeness (QED) is 0.792. The zero-order chi connectivity index (χ0) is 12.7. The van der Waals surface area contributed by atoms with Gasteiger partial charge in [-0.1, -0.05) is 27.5 Å².